The van der Waals surface area contributed by atoms with Crippen LogP contribution in [-0.2, 0) is 6.54 Å². The third-order valence-electron chi connectivity index (χ3n) is 3.75. The third kappa shape index (κ3) is 3.14. The number of carbonyl (C=O) groups is 1. The van der Waals surface area contributed by atoms with Gasteiger partial charge in [0.15, 0.2) is 5.78 Å². The Morgan fingerprint density at radius 2 is 1.86 bits per heavy atom. The van der Waals surface area contributed by atoms with Crippen molar-refractivity contribution in [1.82, 2.24) is 4.90 Å². The van der Waals surface area contributed by atoms with Gasteiger partial charge < -0.3 is 0 Å². The minimum absolute atomic E-state index is 0.0508. The molecular formula is C17H15ClFNO. The van der Waals surface area contributed by atoms with Gasteiger partial charge in [-0.2, -0.15) is 0 Å². The number of ketones is 1. The highest BCUT2D eigenvalue weighted by Crippen LogP contribution is 2.19. The molecule has 0 radical (unpaired) electrons. The monoisotopic (exact) mass is 303 g/mol. The largest absolute Gasteiger partial charge is 0.299 e. The van der Waals surface area contributed by atoms with Gasteiger partial charge in [-0.15, -0.1) is 0 Å². The summed E-state index contributed by atoms with van der Waals surface area (Å²) in [5, 5.41) is 0.286. The average Bonchev–Trinajstić information content (AvgIpc) is 2.43. The van der Waals surface area contributed by atoms with Crippen molar-refractivity contribution >= 4 is 17.4 Å². The van der Waals surface area contributed by atoms with E-state index < -0.39 is 5.82 Å². The molecule has 21 heavy (non-hydrogen) atoms. The lowest BCUT2D eigenvalue weighted by Gasteiger charge is -2.30. The van der Waals surface area contributed by atoms with Crippen LogP contribution in [0.3, 0.4) is 0 Å². The van der Waals surface area contributed by atoms with Gasteiger partial charge in [-0.3, -0.25) is 9.69 Å². The van der Waals surface area contributed by atoms with Crippen LogP contribution in [0.5, 0.6) is 0 Å². The van der Waals surface area contributed by atoms with Gasteiger partial charge in [-0.25, -0.2) is 4.39 Å². The molecule has 1 heterocycles. The van der Waals surface area contributed by atoms with Crippen LogP contribution < -0.4 is 0 Å². The number of hydrogen-bond donors (Lipinski definition) is 0. The zero-order valence-electron chi connectivity index (χ0n) is 11.5. The predicted octanol–water partition coefficient (Wildman–Crippen LogP) is 3.92. The quantitative estimate of drug-likeness (QED) is 0.798. The maximum atomic E-state index is 13.8. The maximum absolute atomic E-state index is 13.8. The maximum Gasteiger partial charge on any atom is 0.195 e. The Bertz CT molecular complexity index is 665. The summed E-state index contributed by atoms with van der Waals surface area (Å²) in [6.07, 6.45) is 1.26. The Labute approximate surface area is 128 Å². The molecule has 2 aromatic rings. The van der Waals surface area contributed by atoms with Gasteiger partial charge in [0.05, 0.1) is 5.56 Å². The molecule has 3 rings (SSSR count). The predicted molar refractivity (Wildman–Crippen MR) is 81.2 cm³/mol. The lowest BCUT2D eigenvalue weighted by atomic mass is 10.0. The van der Waals surface area contributed by atoms with Crippen LogP contribution in [0.2, 0.25) is 5.02 Å². The highest BCUT2D eigenvalue weighted by atomic mass is 35.5. The summed E-state index contributed by atoms with van der Waals surface area (Å²) in [5.74, 6) is -0.906. The van der Waals surface area contributed by atoms with Crippen LogP contribution in [0.15, 0.2) is 42.5 Å². The highest BCUT2D eigenvalue weighted by Gasteiger charge is 2.16. The molecule has 0 aliphatic carbocycles. The van der Waals surface area contributed by atoms with Crippen molar-refractivity contribution in [2.24, 2.45) is 0 Å². The molecule has 0 aromatic heterocycles. The molecule has 1 fully saturated rings. The van der Waals surface area contributed by atoms with E-state index in [0.717, 1.165) is 25.7 Å². The molecule has 2 nitrogen and oxygen atoms in total. The minimum atomic E-state index is -0.586. The van der Waals surface area contributed by atoms with Gasteiger partial charge in [-0.1, -0.05) is 35.9 Å². The number of rotatable bonds is 4. The Morgan fingerprint density at radius 1 is 1.14 bits per heavy atom. The summed E-state index contributed by atoms with van der Waals surface area (Å²) in [4.78, 5) is 14.6. The topological polar surface area (TPSA) is 20.3 Å². The first-order valence-electron chi connectivity index (χ1n) is 6.94. The molecule has 2 aromatic carbocycles. The van der Waals surface area contributed by atoms with Crippen molar-refractivity contribution in [1.29, 1.82) is 0 Å². The first-order valence-corrected chi connectivity index (χ1v) is 7.32. The number of carbonyl (C=O) groups excluding carboxylic acids is 1. The minimum Gasteiger partial charge on any atom is -0.299 e. The SMILES string of the molecule is O=C(c1ccc(CN2CCC2)cc1)c1ccc(Cl)cc1F. The van der Waals surface area contributed by atoms with Gasteiger partial charge >= 0.3 is 0 Å². The summed E-state index contributed by atoms with van der Waals surface area (Å²) in [7, 11) is 0. The molecule has 0 amide bonds. The van der Waals surface area contributed by atoms with Crippen molar-refractivity contribution in [2.75, 3.05) is 13.1 Å². The number of halogens is 2. The van der Waals surface area contributed by atoms with Crippen LogP contribution in [0, 0.1) is 5.82 Å². The number of benzene rings is 2. The molecule has 4 heteroatoms. The van der Waals surface area contributed by atoms with E-state index in [-0.39, 0.29) is 16.4 Å². The first kappa shape index (κ1) is 14.2. The molecule has 0 spiro atoms. The fourth-order valence-corrected chi connectivity index (χ4v) is 2.55. The van der Waals surface area contributed by atoms with Crippen molar-refractivity contribution in [3.05, 3.63) is 70.0 Å². The summed E-state index contributed by atoms with van der Waals surface area (Å²) in [5.41, 5.74) is 1.71. The zero-order chi connectivity index (χ0) is 14.8. The molecular weight excluding hydrogens is 289 g/mol. The first-order chi connectivity index (χ1) is 10.1. The number of nitrogens with zero attached hydrogens (tertiary/aromatic N) is 1. The molecule has 0 saturated carbocycles. The normalized spacial score (nSPS) is 14.8. The van der Waals surface area contributed by atoms with E-state index in [9.17, 15) is 9.18 Å². The van der Waals surface area contributed by atoms with Crippen molar-refractivity contribution in [2.45, 2.75) is 13.0 Å². The second-order valence-electron chi connectivity index (χ2n) is 5.28. The third-order valence-corrected chi connectivity index (χ3v) is 3.98. The summed E-state index contributed by atoms with van der Waals surface area (Å²) in [6, 6.07) is 11.5. The van der Waals surface area contributed by atoms with Gasteiger partial charge in [0.25, 0.3) is 0 Å². The van der Waals surface area contributed by atoms with E-state index in [0.29, 0.717) is 5.56 Å². The zero-order valence-corrected chi connectivity index (χ0v) is 12.2. The van der Waals surface area contributed by atoms with Crippen LogP contribution in [-0.4, -0.2) is 23.8 Å². The highest BCUT2D eigenvalue weighted by molar-refractivity contribution is 6.30. The lowest BCUT2D eigenvalue weighted by Crippen LogP contribution is -2.36. The van der Waals surface area contributed by atoms with Gasteiger partial charge in [0.2, 0.25) is 0 Å². The Hall–Kier alpha value is -1.71. The van der Waals surface area contributed by atoms with Gasteiger partial charge in [0.1, 0.15) is 5.82 Å². The standard InChI is InChI=1S/C17H15ClFNO/c18-14-6-7-15(16(19)10-14)17(21)13-4-2-12(3-5-13)11-20-8-1-9-20/h2-7,10H,1,8-9,11H2. The second-order valence-corrected chi connectivity index (χ2v) is 5.72. The fourth-order valence-electron chi connectivity index (χ4n) is 2.39. The van der Waals surface area contributed by atoms with Crippen molar-refractivity contribution in [3.8, 4) is 0 Å². The Morgan fingerprint density at radius 3 is 2.43 bits per heavy atom. The molecule has 1 aliphatic heterocycles. The van der Waals surface area contributed by atoms with E-state index in [1.807, 2.05) is 12.1 Å². The van der Waals surface area contributed by atoms with Crippen LogP contribution in [0.1, 0.15) is 27.9 Å². The van der Waals surface area contributed by atoms with Crippen LogP contribution in [0.4, 0.5) is 4.39 Å². The van der Waals surface area contributed by atoms with E-state index >= 15 is 0 Å². The van der Waals surface area contributed by atoms with E-state index in [2.05, 4.69) is 4.90 Å². The number of likely N-dealkylation sites (tertiary alicyclic amines) is 1. The molecule has 0 bridgehead atoms. The lowest BCUT2D eigenvalue weighted by molar-refractivity contribution is 0.103. The summed E-state index contributed by atoms with van der Waals surface area (Å²) >= 11 is 5.70. The molecule has 0 N–H and O–H groups in total. The van der Waals surface area contributed by atoms with Gasteiger partial charge in [-0.05, 0) is 43.3 Å². The second kappa shape index (κ2) is 5.96. The molecule has 0 atom stereocenters. The van der Waals surface area contributed by atoms with Crippen molar-refractivity contribution < 1.29 is 9.18 Å². The van der Waals surface area contributed by atoms with Crippen LogP contribution in [0.25, 0.3) is 0 Å². The molecule has 108 valence electrons. The summed E-state index contributed by atoms with van der Waals surface area (Å²) in [6.45, 7) is 3.18. The summed E-state index contributed by atoms with van der Waals surface area (Å²) < 4.78 is 13.8. The Kier molecular flexibility index (Phi) is 4.04. The van der Waals surface area contributed by atoms with Gasteiger partial charge in [0, 0.05) is 17.1 Å². The van der Waals surface area contributed by atoms with E-state index in [1.54, 1.807) is 12.1 Å². The van der Waals surface area contributed by atoms with Crippen LogP contribution >= 0.6 is 11.6 Å². The molecule has 0 unspecified atom stereocenters. The number of hydrogen-bond acceptors (Lipinski definition) is 2. The van der Waals surface area contributed by atoms with E-state index in [4.69, 9.17) is 11.6 Å². The molecule has 1 saturated heterocycles. The smallest absolute Gasteiger partial charge is 0.195 e. The molecule has 1 aliphatic rings. The average molecular weight is 304 g/mol. The van der Waals surface area contributed by atoms with E-state index in [1.165, 1.54) is 24.1 Å². The fraction of sp³-hybridized carbons (Fsp3) is 0.235. The van der Waals surface area contributed by atoms with Crippen molar-refractivity contribution in [3.63, 3.8) is 0 Å². The Balaban J connectivity index is 1.77.